The predicted octanol–water partition coefficient (Wildman–Crippen LogP) is 2.46. The molecule has 4 heteroatoms. The van der Waals surface area contributed by atoms with E-state index in [2.05, 4.69) is 15.2 Å². The van der Waals surface area contributed by atoms with Crippen LogP contribution < -0.4 is 10.2 Å². The van der Waals surface area contributed by atoms with Gasteiger partial charge in [0, 0.05) is 31.4 Å². The molecule has 92 valence electrons. The molecule has 17 heavy (non-hydrogen) atoms. The average molecular weight is 252 g/mol. The van der Waals surface area contributed by atoms with Gasteiger partial charge in [-0.3, -0.25) is 0 Å². The number of nitrogens with zero attached hydrogens (tertiary/aromatic N) is 2. The van der Waals surface area contributed by atoms with Crippen molar-refractivity contribution in [3.05, 3.63) is 23.4 Å². The number of nitrogens with one attached hydrogen (secondary N) is 1. The van der Waals surface area contributed by atoms with Gasteiger partial charge in [0.1, 0.15) is 5.82 Å². The van der Waals surface area contributed by atoms with Crippen LogP contribution in [0.4, 0.5) is 5.82 Å². The summed E-state index contributed by atoms with van der Waals surface area (Å²) in [6, 6.07) is 5.15. The minimum absolute atomic E-state index is 0.558. The van der Waals surface area contributed by atoms with Gasteiger partial charge < -0.3 is 10.2 Å². The number of anilines is 1. The Bertz CT molecular complexity index is 392. The van der Waals surface area contributed by atoms with E-state index in [0.717, 1.165) is 30.0 Å². The van der Waals surface area contributed by atoms with Crippen LogP contribution in [0.3, 0.4) is 0 Å². The van der Waals surface area contributed by atoms with Crippen molar-refractivity contribution in [1.82, 2.24) is 10.3 Å². The third-order valence-corrected chi connectivity index (χ3v) is 3.90. The molecule has 1 atom stereocenters. The lowest BCUT2D eigenvalue weighted by molar-refractivity contribution is 0.568. The largest absolute Gasteiger partial charge is 0.351 e. The zero-order chi connectivity index (χ0) is 11.7. The van der Waals surface area contributed by atoms with Crippen LogP contribution >= 0.6 is 11.6 Å². The molecule has 0 amide bonds. The molecule has 1 saturated heterocycles. The maximum Gasteiger partial charge on any atom is 0.147 e. The van der Waals surface area contributed by atoms with Gasteiger partial charge >= 0.3 is 0 Å². The third kappa shape index (κ3) is 2.55. The highest BCUT2D eigenvalue weighted by Crippen LogP contribution is 2.29. The van der Waals surface area contributed by atoms with Crippen LogP contribution in [-0.4, -0.2) is 30.2 Å². The van der Waals surface area contributed by atoms with E-state index in [4.69, 9.17) is 11.6 Å². The van der Waals surface area contributed by atoms with Gasteiger partial charge in [-0.05, 0) is 37.8 Å². The van der Waals surface area contributed by atoms with E-state index in [-0.39, 0.29) is 0 Å². The highest BCUT2D eigenvalue weighted by atomic mass is 35.5. The SMILES string of the molecule is Clc1cccnc1N1CCCC1CNC1CC1. The van der Waals surface area contributed by atoms with Crippen LogP contribution in [0.2, 0.25) is 5.02 Å². The summed E-state index contributed by atoms with van der Waals surface area (Å²) in [6.45, 7) is 2.14. The van der Waals surface area contributed by atoms with Gasteiger partial charge in [-0.25, -0.2) is 4.98 Å². The van der Waals surface area contributed by atoms with Crippen molar-refractivity contribution in [2.24, 2.45) is 0 Å². The Hall–Kier alpha value is -0.800. The van der Waals surface area contributed by atoms with Gasteiger partial charge in [0.2, 0.25) is 0 Å². The lowest BCUT2D eigenvalue weighted by atomic mass is 10.2. The topological polar surface area (TPSA) is 28.2 Å². The highest BCUT2D eigenvalue weighted by molar-refractivity contribution is 6.32. The van der Waals surface area contributed by atoms with Crippen LogP contribution in [-0.2, 0) is 0 Å². The fraction of sp³-hybridized carbons (Fsp3) is 0.615. The Kier molecular flexibility index (Phi) is 3.21. The van der Waals surface area contributed by atoms with Crippen LogP contribution in [0.25, 0.3) is 0 Å². The van der Waals surface area contributed by atoms with Gasteiger partial charge in [-0.1, -0.05) is 11.6 Å². The van der Waals surface area contributed by atoms with Gasteiger partial charge in [-0.15, -0.1) is 0 Å². The molecule has 2 aliphatic rings. The lowest BCUT2D eigenvalue weighted by Gasteiger charge is -2.26. The van der Waals surface area contributed by atoms with Gasteiger partial charge in [-0.2, -0.15) is 0 Å². The Labute approximate surface area is 107 Å². The highest BCUT2D eigenvalue weighted by Gasteiger charge is 2.29. The lowest BCUT2D eigenvalue weighted by Crippen LogP contribution is -2.39. The molecular weight excluding hydrogens is 234 g/mol. The normalized spacial score (nSPS) is 24.3. The van der Waals surface area contributed by atoms with Crippen LogP contribution in [0.15, 0.2) is 18.3 Å². The molecular formula is C13H18ClN3. The molecule has 3 nitrogen and oxygen atoms in total. The van der Waals surface area contributed by atoms with E-state index in [1.165, 1.54) is 25.7 Å². The van der Waals surface area contributed by atoms with E-state index >= 15 is 0 Å². The summed E-state index contributed by atoms with van der Waals surface area (Å²) in [7, 11) is 0. The molecule has 2 heterocycles. The number of hydrogen-bond donors (Lipinski definition) is 1. The molecule has 1 aromatic heterocycles. The minimum atomic E-state index is 0.558. The molecule has 3 rings (SSSR count). The van der Waals surface area contributed by atoms with Gasteiger partial charge in [0.15, 0.2) is 0 Å². The summed E-state index contributed by atoms with van der Waals surface area (Å²) >= 11 is 6.22. The standard InChI is InChI=1S/C13H18ClN3/c14-12-4-1-7-15-13(12)17-8-2-3-11(17)9-16-10-5-6-10/h1,4,7,10-11,16H,2-3,5-6,8-9H2. The first-order valence-corrected chi connectivity index (χ1v) is 6.83. The molecule has 1 N–H and O–H groups in total. The van der Waals surface area contributed by atoms with Crippen molar-refractivity contribution in [3.8, 4) is 0 Å². The summed E-state index contributed by atoms with van der Waals surface area (Å²) in [5.74, 6) is 0.953. The smallest absolute Gasteiger partial charge is 0.147 e. The molecule has 1 saturated carbocycles. The zero-order valence-corrected chi connectivity index (χ0v) is 10.7. The minimum Gasteiger partial charge on any atom is -0.351 e. The maximum absolute atomic E-state index is 6.22. The van der Waals surface area contributed by atoms with Crippen molar-refractivity contribution < 1.29 is 0 Å². The summed E-state index contributed by atoms with van der Waals surface area (Å²) in [5.41, 5.74) is 0. The van der Waals surface area contributed by atoms with Crippen LogP contribution in [0.5, 0.6) is 0 Å². The molecule has 0 bridgehead atoms. The Morgan fingerprint density at radius 3 is 3.06 bits per heavy atom. The summed E-state index contributed by atoms with van der Waals surface area (Å²) in [5, 5.41) is 4.37. The molecule has 1 aromatic rings. The van der Waals surface area contributed by atoms with E-state index in [1.54, 1.807) is 0 Å². The number of hydrogen-bond acceptors (Lipinski definition) is 3. The van der Waals surface area contributed by atoms with E-state index < -0.39 is 0 Å². The van der Waals surface area contributed by atoms with Gasteiger partial charge in [0.05, 0.1) is 5.02 Å². The molecule has 2 fully saturated rings. The Balaban J connectivity index is 1.69. The summed E-state index contributed by atoms with van der Waals surface area (Å²) in [6.07, 6.45) is 7.00. The second-order valence-corrected chi connectivity index (χ2v) is 5.39. The first-order chi connectivity index (χ1) is 8.34. The molecule has 1 aliphatic heterocycles. The first-order valence-electron chi connectivity index (χ1n) is 6.45. The third-order valence-electron chi connectivity index (χ3n) is 3.61. The quantitative estimate of drug-likeness (QED) is 0.891. The fourth-order valence-corrected chi connectivity index (χ4v) is 2.74. The van der Waals surface area contributed by atoms with Crippen molar-refractivity contribution in [2.75, 3.05) is 18.0 Å². The number of halogens is 1. The van der Waals surface area contributed by atoms with Crippen molar-refractivity contribution in [2.45, 2.75) is 37.8 Å². The molecule has 0 spiro atoms. The Morgan fingerprint density at radius 2 is 2.29 bits per heavy atom. The number of rotatable bonds is 4. The van der Waals surface area contributed by atoms with E-state index in [1.807, 2.05) is 18.3 Å². The second kappa shape index (κ2) is 4.83. The van der Waals surface area contributed by atoms with E-state index in [0.29, 0.717) is 6.04 Å². The number of aromatic nitrogens is 1. The first kappa shape index (κ1) is 11.3. The Morgan fingerprint density at radius 1 is 1.41 bits per heavy atom. The van der Waals surface area contributed by atoms with Crippen molar-refractivity contribution >= 4 is 17.4 Å². The maximum atomic E-state index is 6.22. The summed E-state index contributed by atoms with van der Waals surface area (Å²) in [4.78, 5) is 6.78. The summed E-state index contributed by atoms with van der Waals surface area (Å²) < 4.78 is 0. The molecule has 1 aliphatic carbocycles. The molecule has 0 aromatic carbocycles. The zero-order valence-electron chi connectivity index (χ0n) is 9.90. The molecule has 1 unspecified atom stereocenters. The van der Waals surface area contributed by atoms with Crippen LogP contribution in [0, 0.1) is 0 Å². The monoisotopic (exact) mass is 251 g/mol. The molecule has 0 radical (unpaired) electrons. The van der Waals surface area contributed by atoms with Crippen molar-refractivity contribution in [1.29, 1.82) is 0 Å². The van der Waals surface area contributed by atoms with E-state index in [9.17, 15) is 0 Å². The fourth-order valence-electron chi connectivity index (χ4n) is 2.51. The second-order valence-electron chi connectivity index (χ2n) is 4.98. The van der Waals surface area contributed by atoms with Gasteiger partial charge in [0.25, 0.3) is 0 Å². The predicted molar refractivity (Wildman–Crippen MR) is 70.6 cm³/mol. The van der Waals surface area contributed by atoms with Crippen molar-refractivity contribution in [3.63, 3.8) is 0 Å². The number of pyridine rings is 1. The average Bonchev–Trinajstić information content (AvgIpc) is 3.06. The van der Waals surface area contributed by atoms with Crippen LogP contribution in [0.1, 0.15) is 25.7 Å².